The molecule has 3 aromatic rings. The first-order valence-corrected chi connectivity index (χ1v) is 11.5. The van der Waals surface area contributed by atoms with E-state index < -0.39 is 6.10 Å². The lowest BCUT2D eigenvalue weighted by molar-refractivity contribution is 0.0919. The highest BCUT2D eigenvalue weighted by molar-refractivity contribution is 7.09. The second-order valence-corrected chi connectivity index (χ2v) is 8.77. The number of aromatic nitrogens is 1. The van der Waals surface area contributed by atoms with Crippen molar-refractivity contribution in [3.63, 3.8) is 0 Å². The smallest absolute Gasteiger partial charge is 0.131 e. The molecule has 0 saturated heterocycles. The molecule has 2 N–H and O–H groups in total. The second-order valence-electron chi connectivity index (χ2n) is 7.84. The summed E-state index contributed by atoms with van der Waals surface area (Å²) >= 11 is 1.65. The zero-order valence-corrected chi connectivity index (χ0v) is 19.3. The fourth-order valence-corrected chi connectivity index (χ4v) is 4.32. The van der Waals surface area contributed by atoms with Gasteiger partial charge in [-0.1, -0.05) is 18.2 Å². The molecule has 32 heavy (non-hydrogen) atoms. The van der Waals surface area contributed by atoms with Gasteiger partial charge in [-0.25, -0.2) is 4.98 Å². The van der Waals surface area contributed by atoms with Crippen LogP contribution in [0.25, 0.3) is 5.70 Å². The Balaban J connectivity index is 1.58. The minimum Gasteiger partial charge on any atom is -0.488 e. The molecule has 4 rings (SSSR count). The number of nitrogens with one attached hydrogen (secondary N) is 1. The number of rotatable bonds is 9. The average molecular weight is 453 g/mol. The standard InChI is InChI=1S/C25H28N2O4S/c1-16(15-29-3)30-21-12-19(23-8-9-24(27-23)25-26-10-11-32-25)13-22(14-21)31-20-6-4-18(5-7-20)17(2)28/h4-8,10-14,16-17,24,27-28H,9,15H2,1-3H3/t16-,17?,24?/m0/s1. The molecule has 2 heterocycles. The molecule has 0 bridgehead atoms. The summed E-state index contributed by atoms with van der Waals surface area (Å²) in [7, 11) is 1.66. The molecule has 1 aliphatic rings. The molecule has 1 aliphatic heterocycles. The van der Waals surface area contributed by atoms with Gasteiger partial charge in [-0.3, -0.25) is 0 Å². The van der Waals surface area contributed by atoms with Gasteiger partial charge in [0.05, 0.1) is 18.8 Å². The van der Waals surface area contributed by atoms with E-state index in [9.17, 15) is 5.11 Å². The van der Waals surface area contributed by atoms with Gasteiger partial charge in [0.15, 0.2) is 0 Å². The fraction of sp³-hybridized carbons (Fsp3) is 0.320. The molecular formula is C25H28N2O4S. The van der Waals surface area contributed by atoms with Crippen LogP contribution in [0.5, 0.6) is 17.2 Å². The summed E-state index contributed by atoms with van der Waals surface area (Å²) in [6, 6.07) is 13.5. The van der Waals surface area contributed by atoms with Crippen molar-refractivity contribution in [1.29, 1.82) is 0 Å². The number of thiazole rings is 1. The van der Waals surface area contributed by atoms with E-state index in [0.717, 1.165) is 28.3 Å². The van der Waals surface area contributed by atoms with Gasteiger partial charge in [0, 0.05) is 36.0 Å². The number of ether oxygens (including phenoxy) is 3. The van der Waals surface area contributed by atoms with Crippen molar-refractivity contribution < 1.29 is 19.3 Å². The van der Waals surface area contributed by atoms with Crippen molar-refractivity contribution in [3.05, 3.63) is 76.3 Å². The second kappa shape index (κ2) is 10.2. The summed E-state index contributed by atoms with van der Waals surface area (Å²) < 4.78 is 17.4. The molecule has 0 amide bonds. The number of benzene rings is 2. The quantitative estimate of drug-likeness (QED) is 0.448. The van der Waals surface area contributed by atoms with Gasteiger partial charge in [-0.15, -0.1) is 11.3 Å². The molecule has 168 valence electrons. The third-order valence-corrected chi connectivity index (χ3v) is 6.05. The van der Waals surface area contributed by atoms with E-state index in [2.05, 4.69) is 16.4 Å². The maximum absolute atomic E-state index is 9.73. The van der Waals surface area contributed by atoms with E-state index in [1.54, 1.807) is 25.4 Å². The summed E-state index contributed by atoms with van der Waals surface area (Å²) in [6.45, 7) is 4.21. The van der Waals surface area contributed by atoms with Crippen LogP contribution in [0.3, 0.4) is 0 Å². The van der Waals surface area contributed by atoms with Crippen molar-refractivity contribution in [2.24, 2.45) is 0 Å². The van der Waals surface area contributed by atoms with Gasteiger partial charge in [-0.05, 0) is 50.1 Å². The minimum absolute atomic E-state index is 0.0954. The zero-order valence-electron chi connectivity index (χ0n) is 18.4. The van der Waals surface area contributed by atoms with Gasteiger partial charge < -0.3 is 24.6 Å². The van der Waals surface area contributed by atoms with Crippen LogP contribution >= 0.6 is 11.3 Å². The lowest BCUT2D eigenvalue weighted by atomic mass is 10.1. The number of hydrogen-bond acceptors (Lipinski definition) is 7. The van der Waals surface area contributed by atoms with E-state index in [0.29, 0.717) is 23.9 Å². The molecule has 0 saturated carbocycles. The number of aliphatic hydroxyl groups is 1. The van der Waals surface area contributed by atoms with Gasteiger partial charge in [0.1, 0.15) is 28.4 Å². The molecule has 2 unspecified atom stereocenters. The maximum Gasteiger partial charge on any atom is 0.131 e. The molecule has 3 atom stereocenters. The van der Waals surface area contributed by atoms with Crippen LogP contribution in [0.2, 0.25) is 0 Å². The van der Waals surface area contributed by atoms with Crippen LogP contribution in [0.4, 0.5) is 0 Å². The average Bonchev–Trinajstić information content (AvgIpc) is 3.46. The number of aliphatic hydroxyl groups excluding tert-OH is 1. The van der Waals surface area contributed by atoms with Crippen LogP contribution in [-0.2, 0) is 4.74 Å². The lowest BCUT2D eigenvalue weighted by Gasteiger charge is -2.18. The Labute approximate surface area is 192 Å². The zero-order chi connectivity index (χ0) is 22.5. The van der Waals surface area contributed by atoms with Crippen molar-refractivity contribution in [2.75, 3.05) is 13.7 Å². The molecule has 0 spiro atoms. The van der Waals surface area contributed by atoms with Crippen LogP contribution in [-0.4, -0.2) is 29.9 Å². The molecule has 0 fully saturated rings. The first-order chi connectivity index (χ1) is 15.5. The number of hydrogen-bond donors (Lipinski definition) is 2. The molecule has 6 nitrogen and oxygen atoms in total. The SMILES string of the molecule is COC[C@H](C)Oc1cc(Oc2ccc(C(C)O)cc2)cc(C2=CCC(c3nccs3)N2)c1. The monoisotopic (exact) mass is 452 g/mol. The Morgan fingerprint density at radius 3 is 2.59 bits per heavy atom. The van der Waals surface area contributed by atoms with E-state index in [4.69, 9.17) is 14.2 Å². The first-order valence-electron chi connectivity index (χ1n) is 10.6. The van der Waals surface area contributed by atoms with E-state index in [1.165, 1.54) is 0 Å². The van der Waals surface area contributed by atoms with Gasteiger partial charge in [0.2, 0.25) is 0 Å². The molecule has 7 heteroatoms. The molecule has 2 aromatic carbocycles. The Morgan fingerprint density at radius 2 is 1.91 bits per heavy atom. The third-order valence-electron chi connectivity index (χ3n) is 5.16. The van der Waals surface area contributed by atoms with Gasteiger partial charge in [0.25, 0.3) is 0 Å². The highest BCUT2D eigenvalue weighted by Gasteiger charge is 2.22. The molecule has 1 aromatic heterocycles. The Bertz CT molecular complexity index is 1050. The predicted molar refractivity (Wildman–Crippen MR) is 126 cm³/mol. The van der Waals surface area contributed by atoms with E-state index >= 15 is 0 Å². The molecule has 0 radical (unpaired) electrons. The Hall–Kier alpha value is -2.87. The van der Waals surface area contributed by atoms with Crippen LogP contribution in [0, 0.1) is 0 Å². The summed E-state index contributed by atoms with van der Waals surface area (Å²) in [6.07, 6.45) is 4.29. The highest BCUT2D eigenvalue weighted by atomic mass is 32.1. The number of nitrogens with zero attached hydrogens (tertiary/aromatic N) is 1. The van der Waals surface area contributed by atoms with Crippen molar-refractivity contribution in [3.8, 4) is 17.2 Å². The summed E-state index contributed by atoms with van der Waals surface area (Å²) in [5, 5.41) is 16.4. The Morgan fingerprint density at radius 1 is 1.12 bits per heavy atom. The maximum atomic E-state index is 9.73. The van der Waals surface area contributed by atoms with Gasteiger partial charge in [-0.2, -0.15) is 0 Å². The highest BCUT2D eigenvalue weighted by Crippen LogP contribution is 2.35. The van der Waals surface area contributed by atoms with Crippen LogP contribution < -0.4 is 14.8 Å². The minimum atomic E-state index is -0.513. The third kappa shape index (κ3) is 5.48. The van der Waals surface area contributed by atoms with Crippen molar-refractivity contribution >= 4 is 17.0 Å². The van der Waals surface area contributed by atoms with Crippen molar-refractivity contribution in [2.45, 2.75) is 38.5 Å². The topological polar surface area (TPSA) is 72.8 Å². The predicted octanol–water partition coefficient (Wildman–Crippen LogP) is 5.48. The normalized spacial score (nSPS) is 17.4. The van der Waals surface area contributed by atoms with Crippen LogP contribution in [0.1, 0.15) is 48.5 Å². The fourth-order valence-electron chi connectivity index (χ4n) is 3.62. The summed E-state index contributed by atoms with van der Waals surface area (Å²) in [5.74, 6) is 2.08. The van der Waals surface area contributed by atoms with E-state index in [1.807, 2.05) is 61.0 Å². The lowest BCUT2D eigenvalue weighted by Crippen LogP contribution is -2.18. The number of methoxy groups -OCH3 is 1. The molecule has 0 aliphatic carbocycles. The first kappa shape index (κ1) is 22.3. The molecular weight excluding hydrogens is 424 g/mol. The largest absolute Gasteiger partial charge is 0.488 e. The summed E-state index contributed by atoms with van der Waals surface area (Å²) in [5.41, 5.74) is 2.86. The van der Waals surface area contributed by atoms with Crippen molar-refractivity contribution in [1.82, 2.24) is 10.3 Å². The van der Waals surface area contributed by atoms with Gasteiger partial charge >= 0.3 is 0 Å². The van der Waals surface area contributed by atoms with E-state index in [-0.39, 0.29) is 12.1 Å². The van der Waals surface area contributed by atoms with Crippen LogP contribution in [0.15, 0.2) is 60.1 Å². The summed E-state index contributed by atoms with van der Waals surface area (Å²) in [4.78, 5) is 4.44. The Kier molecular flexibility index (Phi) is 7.09.